The molecule has 2 N–H and O–H groups in total. The average Bonchev–Trinajstić information content (AvgIpc) is 2.48. The van der Waals surface area contributed by atoms with Gasteiger partial charge in [0, 0.05) is 11.1 Å². The number of hydrogen-bond acceptors (Lipinski definition) is 1. The number of rotatable bonds is 5. The maximum atomic E-state index is 6.36. The highest BCUT2D eigenvalue weighted by molar-refractivity contribution is 6.31. The molecule has 2 heteroatoms. The number of halogens is 1. The minimum absolute atomic E-state index is 0.126. The van der Waals surface area contributed by atoms with Crippen molar-refractivity contribution in [1.82, 2.24) is 0 Å². The fourth-order valence-corrected chi connectivity index (χ4v) is 3.10. The van der Waals surface area contributed by atoms with Crippen LogP contribution in [0, 0.1) is 0 Å². The maximum Gasteiger partial charge on any atom is 0.0438 e. The molecule has 0 aliphatic carbocycles. The van der Waals surface area contributed by atoms with Crippen LogP contribution in [0.1, 0.15) is 49.9 Å². The zero-order valence-corrected chi connectivity index (χ0v) is 15.5. The van der Waals surface area contributed by atoms with Crippen molar-refractivity contribution in [2.24, 2.45) is 5.73 Å². The van der Waals surface area contributed by atoms with Gasteiger partial charge < -0.3 is 5.73 Å². The van der Waals surface area contributed by atoms with Gasteiger partial charge >= 0.3 is 0 Å². The van der Waals surface area contributed by atoms with Crippen molar-refractivity contribution in [2.45, 2.75) is 58.4 Å². The van der Waals surface area contributed by atoms with E-state index in [0.29, 0.717) is 0 Å². The highest BCUT2D eigenvalue weighted by atomic mass is 35.5. The third kappa shape index (κ3) is 5.09. The molecule has 0 aliphatic rings. The molecular weight excluding hydrogens is 302 g/mol. The molecular formula is C21H28ClN. The fourth-order valence-electron chi connectivity index (χ4n) is 2.84. The normalized spacial score (nSPS) is 13.1. The molecule has 1 unspecified atom stereocenters. The van der Waals surface area contributed by atoms with E-state index in [1.165, 1.54) is 22.3 Å². The van der Waals surface area contributed by atoms with Gasteiger partial charge in [-0.2, -0.15) is 0 Å². The lowest BCUT2D eigenvalue weighted by Gasteiger charge is -2.19. The van der Waals surface area contributed by atoms with Gasteiger partial charge in [0.15, 0.2) is 0 Å². The van der Waals surface area contributed by atoms with Crippen molar-refractivity contribution >= 4 is 11.6 Å². The van der Waals surface area contributed by atoms with Crippen LogP contribution in [0.5, 0.6) is 0 Å². The number of benzene rings is 2. The smallest absolute Gasteiger partial charge is 0.0438 e. The summed E-state index contributed by atoms with van der Waals surface area (Å²) >= 11 is 6.18. The molecule has 23 heavy (non-hydrogen) atoms. The van der Waals surface area contributed by atoms with E-state index in [-0.39, 0.29) is 11.5 Å². The standard InChI is InChI=1S/C21H28ClN/c1-5-17-12-16(8-11-20(17)22)14-19(23)13-15-6-9-18(10-7-15)21(2,3)4/h6-12,19H,5,13-14,23H2,1-4H3. The molecule has 0 aliphatic heterocycles. The van der Waals surface area contributed by atoms with E-state index in [4.69, 9.17) is 17.3 Å². The first-order valence-electron chi connectivity index (χ1n) is 8.42. The second kappa shape index (κ2) is 7.51. The van der Waals surface area contributed by atoms with Gasteiger partial charge in [-0.1, -0.05) is 75.7 Å². The number of hydrogen-bond donors (Lipinski definition) is 1. The van der Waals surface area contributed by atoms with Gasteiger partial charge in [0.1, 0.15) is 0 Å². The third-order valence-electron chi connectivity index (χ3n) is 4.31. The van der Waals surface area contributed by atoms with E-state index in [9.17, 15) is 0 Å². The molecule has 1 nitrogen and oxygen atoms in total. The topological polar surface area (TPSA) is 26.0 Å². The largest absolute Gasteiger partial charge is 0.327 e. The summed E-state index contributed by atoms with van der Waals surface area (Å²) in [7, 11) is 0. The van der Waals surface area contributed by atoms with Gasteiger partial charge in [-0.25, -0.2) is 0 Å². The van der Waals surface area contributed by atoms with E-state index < -0.39 is 0 Å². The molecule has 1 atom stereocenters. The quantitative estimate of drug-likeness (QED) is 0.790. The SMILES string of the molecule is CCc1cc(CC(N)Cc2ccc(C(C)(C)C)cc2)ccc1Cl. The van der Waals surface area contributed by atoms with Crippen molar-refractivity contribution in [3.8, 4) is 0 Å². The van der Waals surface area contributed by atoms with Gasteiger partial charge in [-0.15, -0.1) is 0 Å². The van der Waals surface area contributed by atoms with Crippen LogP contribution in [0.3, 0.4) is 0 Å². The zero-order chi connectivity index (χ0) is 17.0. The molecule has 0 heterocycles. The van der Waals surface area contributed by atoms with E-state index >= 15 is 0 Å². The minimum atomic E-state index is 0.126. The highest BCUT2D eigenvalue weighted by Crippen LogP contribution is 2.23. The first-order valence-corrected chi connectivity index (χ1v) is 8.79. The van der Waals surface area contributed by atoms with Crippen LogP contribution in [0.25, 0.3) is 0 Å². The summed E-state index contributed by atoms with van der Waals surface area (Å²) in [6.07, 6.45) is 2.73. The van der Waals surface area contributed by atoms with E-state index in [2.05, 4.69) is 64.1 Å². The van der Waals surface area contributed by atoms with Gasteiger partial charge in [0.2, 0.25) is 0 Å². The third-order valence-corrected chi connectivity index (χ3v) is 4.68. The molecule has 0 amide bonds. The zero-order valence-electron chi connectivity index (χ0n) is 14.7. The Bertz CT molecular complexity index is 638. The average molecular weight is 330 g/mol. The lowest BCUT2D eigenvalue weighted by Crippen LogP contribution is -2.25. The van der Waals surface area contributed by atoms with Crippen LogP contribution in [0.4, 0.5) is 0 Å². The summed E-state index contributed by atoms with van der Waals surface area (Å²) in [5, 5.41) is 0.850. The van der Waals surface area contributed by atoms with Gasteiger partial charge in [0.05, 0.1) is 0 Å². The number of nitrogens with two attached hydrogens (primary N) is 1. The summed E-state index contributed by atoms with van der Waals surface area (Å²) in [5.41, 5.74) is 11.7. The first kappa shape index (κ1) is 18.0. The first-order chi connectivity index (χ1) is 10.8. The molecule has 0 fully saturated rings. The molecule has 0 radical (unpaired) electrons. The van der Waals surface area contributed by atoms with Crippen LogP contribution >= 0.6 is 11.6 Å². The summed E-state index contributed by atoms with van der Waals surface area (Å²) in [5.74, 6) is 0. The predicted octanol–water partition coefficient (Wildman–Crippen LogP) is 5.31. The predicted molar refractivity (Wildman–Crippen MR) is 101 cm³/mol. The molecule has 0 saturated carbocycles. The molecule has 0 aromatic heterocycles. The lowest BCUT2D eigenvalue weighted by atomic mass is 9.86. The summed E-state index contributed by atoms with van der Waals surface area (Å²) < 4.78 is 0. The molecule has 2 aromatic rings. The monoisotopic (exact) mass is 329 g/mol. The van der Waals surface area contributed by atoms with Crippen molar-refractivity contribution in [2.75, 3.05) is 0 Å². The van der Waals surface area contributed by atoms with Gasteiger partial charge in [-0.3, -0.25) is 0 Å². The minimum Gasteiger partial charge on any atom is -0.327 e. The Morgan fingerprint density at radius 1 is 0.957 bits per heavy atom. The van der Waals surface area contributed by atoms with E-state index in [1.807, 2.05) is 6.07 Å². The van der Waals surface area contributed by atoms with Crippen molar-refractivity contribution in [3.63, 3.8) is 0 Å². The lowest BCUT2D eigenvalue weighted by molar-refractivity contribution is 0.589. The van der Waals surface area contributed by atoms with Crippen molar-refractivity contribution in [3.05, 3.63) is 69.7 Å². The Morgan fingerprint density at radius 3 is 2.09 bits per heavy atom. The fraction of sp³-hybridized carbons (Fsp3) is 0.429. The number of aryl methyl sites for hydroxylation is 1. The molecule has 0 bridgehead atoms. The molecule has 2 rings (SSSR count). The van der Waals surface area contributed by atoms with Crippen LogP contribution in [-0.4, -0.2) is 6.04 Å². The summed E-state index contributed by atoms with van der Waals surface area (Å²) in [6, 6.07) is 15.2. The highest BCUT2D eigenvalue weighted by Gasteiger charge is 2.13. The summed E-state index contributed by atoms with van der Waals surface area (Å²) in [6.45, 7) is 8.83. The second-order valence-electron chi connectivity index (χ2n) is 7.39. The Morgan fingerprint density at radius 2 is 1.52 bits per heavy atom. The Balaban J connectivity index is 2.00. The van der Waals surface area contributed by atoms with Crippen LogP contribution in [-0.2, 0) is 24.7 Å². The summed E-state index contributed by atoms with van der Waals surface area (Å²) in [4.78, 5) is 0. The van der Waals surface area contributed by atoms with Crippen LogP contribution < -0.4 is 5.73 Å². The second-order valence-corrected chi connectivity index (χ2v) is 7.80. The molecule has 0 spiro atoms. The van der Waals surface area contributed by atoms with E-state index in [1.54, 1.807) is 0 Å². The Labute approximate surface area is 145 Å². The van der Waals surface area contributed by atoms with E-state index in [0.717, 1.165) is 24.3 Å². The van der Waals surface area contributed by atoms with Crippen molar-refractivity contribution < 1.29 is 0 Å². The van der Waals surface area contributed by atoms with Crippen LogP contribution in [0.2, 0.25) is 5.02 Å². The Hall–Kier alpha value is -1.31. The molecule has 0 saturated heterocycles. The van der Waals surface area contributed by atoms with Crippen molar-refractivity contribution in [1.29, 1.82) is 0 Å². The van der Waals surface area contributed by atoms with Gasteiger partial charge in [0.25, 0.3) is 0 Å². The van der Waals surface area contributed by atoms with Gasteiger partial charge in [-0.05, 0) is 53.0 Å². The Kier molecular flexibility index (Phi) is 5.89. The molecule has 124 valence electrons. The van der Waals surface area contributed by atoms with Crippen LogP contribution in [0.15, 0.2) is 42.5 Å². The molecule has 2 aromatic carbocycles. The maximum absolute atomic E-state index is 6.36.